The Labute approximate surface area is 78.7 Å². The number of nitrogens with one attached hydrogen (secondary N) is 2. The lowest BCUT2D eigenvalue weighted by Crippen LogP contribution is -2.28. The number of rotatable bonds is 3. The Morgan fingerprint density at radius 2 is 2.23 bits per heavy atom. The fourth-order valence-corrected chi connectivity index (χ4v) is 0.892. The van der Waals surface area contributed by atoms with Crippen LogP contribution in [-0.2, 0) is 11.4 Å². The SMILES string of the molecule is Cc1ncc(CNOC(C)(C)C)[nH]1. The van der Waals surface area contributed by atoms with Crippen molar-refractivity contribution in [1.29, 1.82) is 0 Å². The van der Waals surface area contributed by atoms with Gasteiger partial charge in [-0.3, -0.25) is 4.84 Å². The van der Waals surface area contributed by atoms with Crippen molar-refractivity contribution in [2.75, 3.05) is 0 Å². The molecule has 0 bridgehead atoms. The number of imidazole rings is 1. The van der Waals surface area contributed by atoms with Crippen LogP contribution in [0.4, 0.5) is 0 Å². The summed E-state index contributed by atoms with van der Waals surface area (Å²) in [6.07, 6.45) is 1.80. The zero-order valence-corrected chi connectivity index (χ0v) is 8.64. The first kappa shape index (κ1) is 10.2. The van der Waals surface area contributed by atoms with E-state index < -0.39 is 0 Å². The van der Waals surface area contributed by atoms with E-state index in [9.17, 15) is 0 Å². The van der Waals surface area contributed by atoms with Crippen LogP contribution in [0, 0.1) is 6.92 Å². The van der Waals surface area contributed by atoms with Crippen molar-refractivity contribution in [3.8, 4) is 0 Å². The second-order valence-electron chi connectivity index (χ2n) is 4.03. The third kappa shape index (κ3) is 4.05. The van der Waals surface area contributed by atoms with Crippen molar-refractivity contribution in [1.82, 2.24) is 15.4 Å². The third-order valence-electron chi connectivity index (χ3n) is 1.40. The Balaban J connectivity index is 2.28. The summed E-state index contributed by atoms with van der Waals surface area (Å²) in [4.78, 5) is 12.5. The van der Waals surface area contributed by atoms with E-state index in [2.05, 4.69) is 15.4 Å². The summed E-state index contributed by atoms with van der Waals surface area (Å²) in [6, 6.07) is 0. The van der Waals surface area contributed by atoms with Crippen molar-refractivity contribution < 1.29 is 4.84 Å². The number of H-pyrrole nitrogens is 1. The average Bonchev–Trinajstić information content (AvgIpc) is 2.33. The van der Waals surface area contributed by atoms with Gasteiger partial charge in [0.15, 0.2) is 0 Å². The summed E-state index contributed by atoms with van der Waals surface area (Å²) < 4.78 is 0. The number of aryl methyl sites for hydroxylation is 1. The average molecular weight is 183 g/mol. The van der Waals surface area contributed by atoms with Crippen LogP contribution in [0.2, 0.25) is 0 Å². The van der Waals surface area contributed by atoms with E-state index >= 15 is 0 Å². The summed E-state index contributed by atoms with van der Waals surface area (Å²) >= 11 is 0. The second-order valence-corrected chi connectivity index (χ2v) is 4.03. The standard InChI is InChI=1S/C9H17N3O/c1-7-10-5-8(12-7)6-11-13-9(2,3)4/h5,11H,6H2,1-4H3,(H,10,12). The van der Waals surface area contributed by atoms with Crippen LogP contribution in [0.5, 0.6) is 0 Å². The van der Waals surface area contributed by atoms with Crippen molar-refractivity contribution in [2.24, 2.45) is 0 Å². The molecule has 0 aromatic carbocycles. The molecule has 13 heavy (non-hydrogen) atoms. The molecule has 1 heterocycles. The van der Waals surface area contributed by atoms with Crippen molar-refractivity contribution in [3.63, 3.8) is 0 Å². The minimum Gasteiger partial charge on any atom is -0.345 e. The highest BCUT2D eigenvalue weighted by molar-refractivity contribution is 4.98. The fraction of sp³-hybridized carbons (Fsp3) is 0.667. The third-order valence-corrected chi connectivity index (χ3v) is 1.40. The van der Waals surface area contributed by atoms with E-state index in [1.54, 1.807) is 6.20 Å². The predicted octanol–water partition coefficient (Wildman–Crippen LogP) is 1.54. The van der Waals surface area contributed by atoms with Crippen LogP contribution in [0.1, 0.15) is 32.3 Å². The van der Waals surface area contributed by atoms with Crippen molar-refractivity contribution in [2.45, 2.75) is 39.8 Å². The molecule has 0 atom stereocenters. The van der Waals surface area contributed by atoms with Crippen LogP contribution in [0.25, 0.3) is 0 Å². The molecule has 1 aromatic heterocycles. The summed E-state index contributed by atoms with van der Waals surface area (Å²) in [5.41, 5.74) is 3.76. The Hall–Kier alpha value is -0.870. The lowest BCUT2D eigenvalue weighted by atomic mass is 10.2. The fourth-order valence-electron chi connectivity index (χ4n) is 0.892. The highest BCUT2D eigenvalue weighted by atomic mass is 16.7. The molecule has 1 rings (SSSR count). The first-order chi connectivity index (χ1) is 5.97. The topological polar surface area (TPSA) is 49.9 Å². The number of hydrogen-bond donors (Lipinski definition) is 2. The Morgan fingerprint density at radius 1 is 1.54 bits per heavy atom. The van der Waals surface area contributed by atoms with Gasteiger partial charge in [-0.25, -0.2) is 4.98 Å². The second kappa shape index (κ2) is 3.89. The van der Waals surface area contributed by atoms with Gasteiger partial charge in [0.2, 0.25) is 0 Å². The molecule has 1 aromatic rings. The van der Waals surface area contributed by atoms with E-state index in [0.717, 1.165) is 11.5 Å². The van der Waals surface area contributed by atoms with Gasteiger partial charge in [-0.2, -0.15) is 5.48 Å². The van der Waals surface area contributed by atoms with Crippen LogP contribution in [-0.4, -0.2) is 15.6 Å². The van der Waals surface area contributed by atoms with Crippen molar-refractivity contribution >= 4 is 0 Å². The first-order valence-electron chi connectivity index (χ1n) is 4.39. The van der Waals surface area contributed by atoms with E-state index in [4.69, 9.17) is 4.84 Å². The van der Waals surface area contributed by atoms with Gasteiger partial charge < -0.3 is 4.98 Å². The summed E-state index contributed by atoms with van der Waals surface area (Å²) in [6.45, 7) is 8.57. The molecule has 4 nitrogen and oxygen atoms in total. The molecule has 0 fully saturated rings. The van der Waals surface area contributed by atoms with Gasteiger partial charge in [-0.1, -0.05) is 0 Å². The molecule has 0 saturated carbocycles. The highest BCUT2D eigenvalue weighted by Crippen LogP contribution is 2.04. The molecule has 0 radical (unpaired) electrons. The first-order valence-corrected chi connectivity index (χ1v) is 4.39. The van der Waals surface area contributed by atoms with Gasteiger partial charge in [-0.05, 0) is 27.7 Å². The molecular weight excluding hydrogens is 166 g/mol. The lowest BCUT2D eigenvalue weighted by molar-refractivity contribution is -0.0761. The van der Waals surface area contributed by atoms with E-state index in [0.29, 0.717) is 6.54 Å². The molecule has 0 saturated heterocycles. The normalized spacial score (nSPS) is 12.0. The van der Waals surface area contributed by atoms with E-state index in [-0.39, 0.29) is 5.60 Å². The molecule has 0 aliphatic carbocycles. The number of aromatic amines is 1. The Bertz CT molecular complexity index is 262. The molecule has 0 spiro atoms. The molecule has 0 unspecified atom stereocenters. The highest BCUT2D eigenvalue weighted by Gasteiger charge is 2.09. The molecular formula is C9H17N3O. The molecule has 4 heteroatoms. The van der Waals surface area contributed by atoms with E-state index in [1.165, 1.54) is 0 Å². The smallest absolute Gasteiger partial charge is 0.103 e. The summed E-state index contributed by atoms with van der Waals surface area (Å²) in [5.74, 6) is 0.924. The molecule has 2 N–H and O–H groups in total. The number of nitrogens with zero attached hydrogens (tertiary/aromatic N) is 1. The number of aromatic nitrogens is 2. The molecule has 0 aliphatic rings. The van der Waals surface area contributed by atoms with Gasteiger partial charge in [-0.15, -0.1) is 0 Å². The van der Waals surface area contributed by atoms with Crippen LogP contribution >= 0.6 is 0 Å². The summed E-state index contributed by atoms with van der Waals surface area (Å²) in [7, 11) is 0. The minimum atomic E-state index is -0.158. The van der Waals surface area contributed by atoms with Crippen molar-refractivity contribution in [3.05, 3.63) is 17.7 Å². The molecule has 0 amide bonds. The zero-order chi connectivity index (χ0) is 9.90. The van der Waals surface area contributed by atoms with Gasteiger partial charge in [0.1, 0.15) is 5.82 Å². The molecule has 0 aliphatic heterocycles. The van der Waals surface area contributed by atoms with Gasteiger partial charge in [0.05, 0.1) is 17.8 Å². The monoisotopic (exact) mass is 183 g/mol. The maximum atomic E-state index is 5.34. The Morgan fingerprint density at radius 3 is 2.69 bits per heavy atom. The number of hydrogen-bond acceptors (Lipinski definition) is 3. The summed E-state index contributed by atoms with van der Waals surface area (Å²) in [5, 5.41) is 0. The van der Waals surface area contributed by atoms with Crippen LogP contribution in [0.15, 0.2) is 6.20 Å². The Kier molecular flexibility index (Phi) is 3.06. The van der Waals surface area contributed by atoms with Gasteiger partial charge >= 0.3 is 0 Å². The maximum absolute atomic E-state index is 5.34. The van der Waals surface area contributed by atoms with E-state index in [1.807, 2.05) is 27.7 Å². The van der Waals surface area contributed by atoms with Gasteiger partial charge in [0.25, 0.3) is 0 Å². The van der Waals surface area contributed by atoms with Gasteiger partial charge in [0, 0.05) is 6.20 Å². The lowest BCUT2D eigenvalue weighted by Gasteiger charge is -2.18. The largest absolute Gasteiger partial charge is 0.345 e. The van der Waals surface area contributed by atoms with Crippen LogP contribution < -0.4 is 5.48 Å². The zero-order valence-electron chi connectivity index (χ0n) is 8.64. The quantitative estimate of drug-likeness (QED) is 0.699. The predicted molar refractivity (Wildman–Crippen MR) is 51.0 cm³/mol. The maximum Gasteiger partial charge on any atom is 0.103 e. The minimum absolute atomic E-state index is 0.158. The molecule has 74 valence electrons. The van der Waals surface area contributed by atoms with Crippen LogP contribution in [0.3, 0.4) is 0 Å². The number of hydroxylamine groups is 1.